The maximum absolute atomic E-state index is 13.7. The van der Waals surface area contributed by atoms with Crippen LogP contribution in [0.5, 0.6) is 0 Å². The number of aromatic amines is 1. The molecule has 0 bridgehead atoms. The minimum absolute atomic E-state index is 0.0684. The van der Waals surface area contributed by atoms with Crippen molar-refractivity contribution in [3.8, 4) is 0 Å². The number of fused-ring (bicyclic) bond motifs is 3. The minimum Gasteiger partial charge on any atom is -0.318 e. The summed E-state index contributed by atoms with van der Waals surface area (Å²) in [6.45, 7) is 0. The second kappa shape index (κ2) is 3.28. The molecule has 0 aliphatic heterocycles. The van der Waals surface area contributed by atoms with E-state index in [1.54, 1.807) is 0 Å². The van der Waals surface area contributed by atoms with E-state index in [9.17, 15) is 9.18 Å². The SMILES string of the molecule is O=c1[nH]c2c(F)c(Cl)cnc2c2c1CCC2. The van der Waals surface area contributed by atoms with Gasteiger partial charge in [-0.1, -0.05) is 11.6 Å². The summed E-state index contributed by atoms with van der Waals surface area (Å²) in [6, 6.07) is 0. The first-order valence-electron chi connectivity index (χ1n) is 5.06. The number of aromatic nitrogens is 2. The lowest BCUT2D eigenvalue weighted by Gasteiger charge is -2.05. The molecule has 0 spiro atoms. The molecule has 16 heavy (non-hydrogen) atoms. The Balaban J connectivity index is 2.52. The summed E-state index contributed by atoms with van der Waals surface area (Å²) in [6.07, 6.45) is 3.73. The lowest BCUT2D eigenvalue weighted by molar-refractivity contribution is 0.635. The summed E-state index contributed by atoms with van der Waals surface area (Å²) < 4.78 is 13.7. The average molecular weight is 239 g/mol. The molecule has 5 heteroatoms. The van der Waals surface area contributed by atoms with Gasteiger partial charge >= 0.3 is 0 Å². The van der Waals surface area contributed by atoms with Gasteiger partial charge in [-0.25, -0.2) is 4.39 Å². The van der Waals surface area contributed by atoms with Gasteiger partial charge in [-0.2, -0.15) is 0 Å². The van der Waals surface area contributed by atoms with Crippen LogP contribution in [0.2, 0.25) is 5.02 Å². The maximum Gasteiger partial charge on any atom is 0.252 e. The van der Waals surface area contributed by atoms with Gasteiger partial charge in [-0.05, 0) is 24.8 Å². The lowest BCUT2D eigenvalue weighted by Crippen LogP contribution is -2.13. The first kappa shape index (κ1) is 9.78. The number of hydrogen-bond donors (Lipinski definition) is 1. The molecule has 0 fully saturated rings. The lowest BCUT2D eigenvalue weighted by atomic mass is 10.1. The van der Waals surface area contributed by atoms with Crippen LogP contribution in [-0.4, -0.2) is 9.97 Å². The molecule has 0 atom stereocenters. The molecule has 0 aromatic carbocycles. The summed E-state index contributed by atoms with van der Waals surface area (Å²) in [5, 5.41) is -0.0684. The number of hydrogen-bond acceptors (Lipinski definition) is 2. The van der Waals surface area contributed by atoms with Crippen molar-refractivity contribution < 1.29 is 4.39 Å². The van der Waals surface area contributed by atoms with Crippen LogP contribution < -0.4 is 5.56 Å². The molecule has 82 valence electrons. The normalized spacial score (nSPS) is 14.4. The molecule has 3 nitrogen and oxygen atoms in total. The summed E-state index contributed by atoms with van der Waals surface area (Å²) in [7, 11) is 0. The maximum atomic E-state index is 13.7. The second-order valence-corrected chi connectivity index (χ2v) is 4.32. The van der Waals surface area contributed by atoms with Crippen molar-refractivity contribution in [2.24, 2.45) is 0 Å². The van der Waals surface area contributed by atoms with Gasteiger partial charge in [-0.15, -0.1) is 0 Å². The number of aryl methyl sites for hydroxylation is 1. The van der Waals surface area contributed by atoms with Crippen LogP contribution in [0.3, 0.4) is 0 Å². The first-order valence-corrected chi connectivity index (χ1v) is 5.44. The molecule has 2 aromatic rings. The molecular weight excluding hydrogens is 231 g/mol. The van der Waals surface area contributed by atoms with Crippen molar-refractivity contribution in [1.29, 1.82) is 0 Å². The zero-order valence-corrected chi connectivity index (χ0v) is 9.07. The number of H-pyrrole nitrogens is 1. The zero-order valence-electron chi connectivity index (χ0n) is 8.31. The zero-order chi connectivity index (χ0) is 11.3. The third-order valence-electron chi connectivity index (χ3n) is 2.99. The Morgan fingerprint density at radius 3 is 2.94 bits per heavy atom. The Morgan fingerprint density at radius 2 is 2.12 bits per heavy atom. The van der Waals surface area contributed by atoms with Crippen LogP contribution in [0, 0.1) is 5.82 Å². The smallest absolute Gasteiger partial charge is 0.252 e. The summed E-state index contributed by atoms with van der Waals surface area (Å²) in [5.74, 6) is -0.599. The first-order chi connectivity index (χ1) is 7.68. The summed E-state index contributed by atoms with van der Waals surface area (Å²) in [5.41, 5.74) is 2.05. The topological polar surface area (TPSA) is 45.8 Å². The minimum atomic E-state index is -0.599. The molecule has 3 rings (SSSR count). The number of rotatable bonds is 0. The van der Waals surface area contributed by atoms with Crippen molar-refractivity contribution in [3.05, 3.63) is 38.5 Å². The van der Waals surface area contributed by atoms with Crippen LogP contribution in [0.15, 0.2) is 11.0 Å². The Bertz CT molecular complexity index is 650. The average Bonchev–Trinajstić information content (AvgIpc) is 2.74. The molecule has 0 saturated heterocycles. The van der Waals surface area contributed by atoms with E-state index in [1.165, 1.54) is 6.20 Å². The standard InChI is InChI=1S/C11H8ClFN2O/c12-7-4-14-9-5-2-1-3-6(5)11(16)15-10(9)8(7)13/h4H,1-3H2,(H,15,16). The molecule has 0 amide bonds. The Hall–Kier alpha value is -1.42. The van der Waals surface area contributed by atoms with Gasteiger partial charge in [0.2, 0.25) is 0 Å². The molecule has 1 aliphatic rings. The quantitative estimate of drug-likeness (QED) is 0.765. The number of halogens is 2. The van der Waals surface area contributed by atoms with E-state index in [-0.39, 0.29) is 16.1 Å². The molecule has 1 N–H and O–H groups in total. The van der Waals surface area contributed by atoms with Gasteiger partial charge in [0.1, 0.15) is 5.52 Å². The number of pyridine rings is 2. The molecule has 2 heterocycles. The highest BCUT2D eigenvalue weighted by Crippen LogP contribution is 2.27. The predicted molar refractivity (Wildman–Crippen MR) is 59.4 cm³/mol. The molecule has 1 aliphatic carbocycles. The van der Waals surface area contributed by atoms with E-state index in [2.05, 4.69) is 9.97 Å². The van der Waals surface area contributed by atoms with E-state index in [1.807, 2.05) is 0 Å². The largest absolute Gasteiger partial charge is 0.318 e. The fourth-order valence-electron chi connectivity index (χ4n) is 2.25. The van der Waals surface area contributed by atoms with Gasteiger partial charge in [0.25, 0.3) is 5.56 Å². The van der Waals surface area contributed by atoms with Crippen LogP contribution in [0.25, 0.3) is 11.0 Å². The van der Waals surface area contributed by atoms with Gasteiger partial charge in [0.05, 0.1) is 10.5 Å². The van der Waals surface area contributed by atoms with Gasteiger partial charge < -0.3 is 4.98 Å². The summed E-state index contributed by atoms with van der Waals surface area (Å²) in [4.78, 5) is 18.3. The number of nitrogens with one attached hydrogen (secondary N) is 1. The van der Waals surface area contributed by atoms with Crippen LogP contribution in [0.1, 0.15) is 17.5 Å². The third-order valence-corrected chi connectivity index (χ3v) is 3.25. The van der Waals surface area contributed by atoms with Gasteiger partial charge in [0.15, 0.2) is 5.82 Å². The van der Waals surface area contributed by atoms with Crippen molar-refractivity contribution >= 4 is 22.6 Å². The van der Waals surface area contributed by atoms with E-state index < -0.39 is 5.82 Å². The van der Waals surface area contributed by atoms with Crippen LogP contribution in [-0.2, 0) is 12.8 Å². The van der Waals surface area contributed by atoms with Crippen LogP contribution in [0.4, 0.5) is 4.39 Å². The molecule has 0 saturated carbocycles. The van der Waals surface area contributed by atoms with E-state index in [4.69, 9.17) is 11.6 Å². The highest BCUT2D eigenvalue weighted by molar-refractivity contribution is 6.31. The van der Waals surface area contributed by atoms with E-state index in [0.29, 0.717) is 5.52 Å². The highest BCUT2D eigenvalue weighted by Gasteiger charge is 2.20. The fraction of sp³-hybridized carbons (Fsp3) is 0.273. The Labute approximate surface area is 95.3 Å². The monoisotopic (exact) mass is 238 g/mol. The molecule has 2 aromatic heterocycles. The third kappa shape index (κ3) is 1.19. The van der Waals surface area contributed by atoms with Gasteiger partial charge in [0, 0.05) is 11.8 Å². The molecular formula is C11H8ClFN2O. The molecule has 0 unspecified atom stereocenters. The van der Waals surface area contributed by atoms with Gasteiger partial charge in [-0.3, -0.25) is 9.78 Å². The summed E-state index contributed by atoms with van der Waals surface area (Å²) >= 11 is 5.63. The van der Waals surface area contributed by atoms with E-state index >= 15 is 0 Å². The Morgan fingerprint density at radius 1 is 1.38 bits per heavy atom. The highest BCUT2D eigenvalue weighted by atomic mass is 35.5. The number of nitrogens with zero attached hydrogens (tertiary/aromatic N) is 1. The van der Waals surface area contributed by atoms with Crippen molar-refractivity contribution in [1.82, 2.24) is 9.97 Å². The van der Waals surface area contributed by atoms with Crippen molar-refractivity contribution in [2.45, 2.75) is 19.3 Å². The van der Waals surface area contributed by atoms with E-state index in [0.717, 1.165) is 30.4 Å². The van der Waals surface area contributed by atoms with Crippen molar-refractivity contribution in [3.63, 3.8) is 0 Å². The second-order valence-electron chi connectivity index (χ2n) is 3.91. The fourth-order valence-corrected chi connectivity index (χ4v) is 2.40. The predicted octanol–water partition coefficient (Wildman–Crippen LogP) is 2.20. The Kier molecular flexibility index (Phi) is 2.01. The molecule has 0 radical (unpaired) electrons. The van der Waals surface area contributed by atoms with Crippen molar-refractivity contribution in [2.75, 3.05) is 0 Å². The van der Waals surface area contributed by atoms with Crippen LogP contribution >= 0.6 is 11.6 Å².